The number of amides is 1. The van der Waals surface area contributed by atoms with E-state index in [1.54, 1.807) is 0 Å². The Bertz CT molecular complexity index is 756. The fourth-order valence-corrected chi connectivity index (χ4v) is 1.89. The van der Waals surface area contributed by atoms with E-state index in [1.165, 1.54) is 31.2 Å². The number of alkyl halides is 3. The summed E-state index contributed by atoms with van der Waals surface area (Å²) in [7, 11) is 0. The van der Waals surface area contributed by atoms with Crippen LogP contribution in [0.3, 0.4) is 0 Å². The number of carbonyl (C=O) groups is 2. The quantitative estimate of drug-likeness (QED) is 0.652. The first-order chi connectivity index (χ1) is 11.7. The third kappa shape index (κ3) is 4.97. The number of anilines is 2. The molecule has 2 aromatic rings. The Hall–Kier alpha value is -3.03. The fraction of sp³-hybridized carbons (Fsp3) is 0.176. The van der Waals surface area contributed by atoms with Gasteiger partial charge in [-0.1, -0.05) is 0 Å². The smallest absolute Gasteiger partial charge is 0.416 e. The molecule has 25 heavy (non-hydrogen) atoms. The minimum absolute atomic E-state index is 0.161. The molecular formula is C17H15F3N2O3. The molecule has 0 radical (unpaired) electrons. The number of halogens is 3. The van der Waals surface area contributed by atoms with E-state index in [0.29, 0.717) is 5.69 Å². The van der Waals surface area contributed by atoms with E-state index in [-0.39, 0.29) is 11.3 Å². The van der Waals surface area contributed by atoms with Gasteiger partial charge in [0.15, 0.2) is 6.10 Å². The number of carbonyl (C=O) groups excluding carboxylic acids is 2. The second-order valence-corrected chi connectivity index (χ2v) is 5.23. The molecular weight excluding hydrogens is 337 g/mol. The lowest BCUT2D eigenvalue weighted by Gasteiger charge is -2.14. The minimum Gasteiger partial charge on any atom is -0.449 e. The molecule has 132 valence electrons. The van der Waals surface area contributed by atoms with Crippen LogP contribution in [-0.2, 0) is 15.7 Å². The molecule has 5 nitrogen and oxygen atoms in total. The molecule has 0 aliphatic carbocycles. The molecule has 0 saturated carbocycles. The van der Waals surface area contributed by atoms with E-state index in [2.05, 4.69) is 5.32 Å². The lowest BCUT2D eigenvalue weighted by molar-refractivity contribution is -0.137. The van der Waals surface area contributed by atoms with Crippen molar-refractivity contribution in [3.8, 4) is 0 Å². The Balaban J connectivity index is 1.95. The van der Waals surface area contributed by atoms with Gasteiger partial charge in [-0.15, -0.1) is 0 Å². The number of nitrogen functional groups attached to an aromatic ring is 1. The first-order valence-electron chi connectivity index (χ1n) is 7.21. The highest BCUT2D eigenvalue weighted by atomic mass is 19.4. The molecule has 1 amide bonds. The van der Waals surface area contributed by atoms with Crippen LogP contribution in [0.2, 0.25) is 0 Å². The van der Waals surface area contributed by atoms with Gasteiger partial charge in [0.1, 0.15) is 0 Å². The Labute approximate surface area is 141 Å². The van der Waals surface area contributed by atoms with Crippen molar-refractivity contribution in [2.24, 2.45) is 0 Å². The molecule has 0 saturated heterocycles. The summed E-state index contributed by atoms with van der Waals surface area (Å²) in [6, 6.07) is 9.88. The van der Waals surface area contributed by atoms with E-state index in [4.69, 9.17) is 10.5 Å². The number of nitrogens with two attached hydrogens (primary N) is 1. The Morgan fingerprint density at radius 2 is 1.60 bits per heavy atom. The van der Waals surface area contributed by atoms with Gasteiger partial charge in [-0.05, 0) is 55.5 Å². The van der Waals surface area contributed by atoms with Crippen molar-refractivity contribution in [3.05, 3.63) is 59.7 Å². The van der Waals surface area contributed by atoms with Crippen LogP contribution in [0.25, 0.3) is 0 Å². The van der Waals surface area contributed by atoms with Crippen molar-refractivity contribution in [2.75, 3.05) is 11.1 Å². The van der Waals surface area contributed by atoms with Gasteiger partial charge < -0.3 is 15.8 Å². The summed E-state index contributed by atoms with van der Waals surface area (Å²) in [5.41, 5.74) is 5.55. The Kier molecular flexibility index (Phi) is 5.31. The number of hydrogen-bond acceptors (Lipinski definition) is 4. The van der Waals surface area contributed by atoms with Crippen molar-refractivity contribution >= 4 is 23.3 Å². The van der Waals surface area contributed by atoms with Crippen LogP contribution < -0.4 is 11.1 Å². The number of nitrogens with one attached hydrogen (secondary N) is 1. The molecule has 2 aromatic carbocycles. The van der Waals surface area contributed by atoms with Gasteiger partial charge in [0.2, 0.25) is 0 Å². The van der Waals surface area contributed by atoms with Crippen molar-refractivity contribution in [1.29, 1.82) is 0 Å². The summed E-state index contributed by atoms with van der Waals surface area (Å²) < 4.78 is 42.5. The molecule has 0 aliphatic rings. The third-order valence-corrected chi connectivity index (χ3v) is 3.28. The summed E-state index contributed by atoms with van der Waals surface area (Å²) >= 11 is 0. The normalized spacial score (nSPS) is 12.3. The second kappa shape index (κ2) is 7.25. The summed E-state index contributed by atoms with van der Waals surface area (Å²) in [6.45, 7) is 1.36. The van der Waals surface area contributed by atoms with Gasteiger partial charge in [0, 0.05) is 11.4 Å². The summed E-state index contributed by atoms with van der Waals surface area (Å²) in [4.78, 5) is 23.9. The average Bonchev–Trinajstić information content (AvgIpc) is 2.55. The van der Waals surface area contributed by atoms with E-state index >= 15 is 0 Å². The molecule has 1 atom stereocenters. The largest absolute Gasteiger partial charge is 0.449 e. The Morgan fingerprint density at radius 1 is 1.04 bits per heavy atom. The SMILES string of the molecule is C[C@@H](OC(=O)c1ccc(N)cc1)C(=O)Nc1ccc(C(F)(F)F)cc1. The fourth-order valence-electron chi connectivity index (χ4n) is 1.89. The molecule has 3 N–H and O–H groups in total. The van der Waals surface area contributed by atoms with Crippen molar-refractivity contribution < 1.29 is 27.5 Å². The lowest BCUT2D eigenvalue weighted by atomic mass is 10.2. The number of rotatable bonds is 4. The van der Waals surface area contributed by atoms with Crippen molar-refractivity contribution in [3.63, 3.8) is 0 Å². The molecule has 0 spiro atoms. The van der Waals surface area contributed by atoms with Gasteiger partial charge in [0.25, 0.3) is 5.91 Å². The van der Waals surface area contributed by atoms with Crippen molar-refractivity contribution in [2.45, 2.75) is 19.2 Å². The van der Waals surface area contributed by atoms with E-state index in [0.717, 1.165) is 24.3 Å². The number of esters is 1. The standard InChI is InChI=1S/C17H15F3N2O3/c1-10(25-16(24)11-2-6-13(21)7-3-11)15(23)22-14-8-4-12(5-9-14)17(18,19)20/h2-10H,21H2,1H3,(H,22,23)/t10-/m1/s1. The molecule has 2 rings (SSSR count). The van der Waals surface area contributed by atoms with Crippen LogP contribution in [0, 0.1) is 0 Å². The highest BCUT2D eigenvalue weighted by Gasteiger charge is 2.30. The highest BCUT2D eigenvalue weighted by Crippen LogP contribution is 2.29. The van der Waals surface area contributed by atoms with E-state index in [1.807, 2.05) is 0 Å². The zero-order valence-electron chi connectivity index (χ0n) is 13.1. The summed E-state index contributed by atoms with van der Waals surface area (Å²) in [5.74, 6) is -1.38. The number of benzene rings is 2. The van der Waals surface area contributed by atoms with E-state index in [9.17, 15) is 22.8 Å². The van der Waals surface area contributed by atoms with Crippen LogP contribution in [0.15, 0.2) is 48.5 Å². The predicted molar refractivity (Wildman–Crippen MR) is 85.8 cm³/mol. The Morgan fingerprint density at radius 3 is 2.12 bits per heavy atom. The predicted octanol–water partition coefficient (Wildman–Crippen LogP) is 3.47. The molecule has 0 aromatic heterocycles. The zero-order chi connectivity index (χ0) is 18.6. The number of ether oxygens (including phenoxy) is 1. The molecule has 0 bridgehead atoms. The maximum atomic E-state index is 12.5. The van der Waals surface area contributed by atoms with Gasteiger partial charge in [-0.3, -0.25) is 4.79 Å². The van der Waals surface area contributed by atoms with E-state index < -0.39 is 29.7 Å². The topological polar surface area (TPSA) is 81.4 Å². The molecule has 0 fully saturated rings. The van der Waals surface area contributed by atoms with Crippen LogP contribution in [0.1, 0.15) is 22.8 Å². The van der Waals surface area contributed by atoms with Crippen LogP contribution in [0.5, 0.6) is 0 Å². The third-order valence-electron chi connectivity index (χ3n) is 3.28. The highest BCUT2D eigenvalue weighted by molar-refractivity contribution is 5.97. The van der Waals surface area contributed by atoms with Gasteiger partial charge >= 0.3 is 12.1 Å². The van der Waals surface area contributed by atoms with Crippen LogP contribution >= 0.6 is 0 Å². The van der Waals surface area contributed by atoms with Crippen LogP contribution in [0.4, 0.5) is 24.5 Å². The minimum atomic E-state index is -4.45. The van der Waals surface area contributed by atoms with Gasteiger partial charge in [-0.2, -0.15) is 13.2 Å². The lowest BCUT2D eigenvalue weighted by Crippen LogP contribution is -2.30. The number of hydrogen-bond donors (Lipinski definition) is 2. The molecule has 8 heteroatoms. The second-order valence-electron chi connectivity index (χ2n) is 5.23. The van der Waals surface area contributed by atoms with Gasteiger partial charge in [-0.25, -0.2) is 4.79 Å². The monoisotopic (exact) mass is 352 g/mol. The van der Waals surface area contributed by atoms with Crippen molar-refractivity contribution in [1.82, 2.24) is 0 Å². The summed E-state index contributed by atoms with van der Waals surface area (Å²) in [5, 5.41) is 2.38. The zero-order valence-corrected chi connectivity index (χ0v) is 13.1. The first-order valence-corrected chi connectivity index (χ1v) is 7.21. The average molecular weight is 352 g/mol. The van der Waals surface area contributed by atoms with Crippen LogP contribution in [-0.4, -0.2) is 18.0 Å². The summed E-state index contributed by atoms with van der Waals surface area (Å²) in [6.07, 6.45) is -5.59. The maximum Gasteiger partial charge on any atom is 0.416 e. The van der Waals surface area contributed by atoms with Gasteiger partial charge in [0.05, 0.1) is 11.1 Å². The molecule has 0 unspecified atom stereocenters. The first kappa shape index (κ1) is 18.3. The molecule has 0 aliphatic heterocycles. The molecule has 0 heterocycles. The maximum absolute atomic E-state index is 12.5.